The Hall–Kier alpha value is -1.75. The minimum atomic E-state index is 0.475. The number of nitrogens with zero attached hydrogens (tertiary/aromatic N) is 4. The number of anilines is 1. The Kier molecular flexibility index (Phi) is 3.49. The van der Waals surface area contributed by atoms with Gasteiger partial charge in [-0.2, -0.15) is 0 Å². The highest BCUT2D eigenvalue weighted by Crippen LogP contribution is 2.19. The molecule has 0 saturated carbocycles. The Morgan fingerprint density at radius 2 is 2.12 bits per heavy atom. The zero-order valence-electron chi connectivity index (χ0n) is 9.61. The number of rotatable bonds is 3. The third-order valence-electron chi connectivity index (χ3n) is 2.28. The highest BCUT2D eigenvalue weighted by molar-refractivity contribution is 6.30. The summed E-state index contributed by atoms with van der Waals surface area (Å²) >= 11 is 5.98. The number of aryl methyl sites for hydroxylation is 1. The fraction of sp³-hybridized carbons (Fsp3) is 0.273. The van der Waals surface area contributed by atoms with Crippen LogP contribution in [0.1, 0.15) is 17.1 Å². The standard InChI is InChI=1S/C11H12ClN5/c1-7-10(12)16-8(2)17-11(7)14-5-9-3-4-13-6-15-9/h3-4,6H,5H2,1-2H3,(H,14,16,17). The summed E-state index contributed by atoms with van der Waals surface area (Å²) < 4.78 is 0. The summed E-state index contributed by atoms with van der Waals surface area (Å²) in [6.07, 6.45) is 3.22. The van der Waals surface area contributed by atoms with Crippen LogP contribution < -0.4 is 5.32 Å². The van der Waals surface area contributed by atoms with Gasteiger partial charge in [0.25, 0.3) is 0 Å². The average Bonchev–Trinajstić information content (AvgIpc) is 2.33. The van der Waals surface area contributed by atoms with Crippen LogP contribution in [0.15, 0.2) is 18.6 Å². The number of halogens is 1. The predicted octanol–water partition coefficient (Wildman–Crippen LogP) is 2.15. The SMILES string of the molecule is Cc1nc(Cl)c(C)c(NCc2ccncn2)n1. The van der Waals surface area contributed by atoms with Crippen LogP contribution in [-0.4, -0.2) is 19.9 Å². The summed E-state index contributed by atoms with van der Waals surface area (Å²) in [5, 5.41) is 3.66. The van der Waals surface area contributed by atoms with Crippen molar-refractivity contribution >= 4 is 17.4 Å². The molecule has 2 rings (SSSR count). The Morgan fingerprint density at radius 3 is 2.82 bits per heavy atom. The largest absolute Gasteiger partial charge is 0.364 e. The summed E-state index contributed by atoms with van der Waals surface area (Å²) in [5.74, 6) is 1.38. The van der Waals surface area contributed by atoms with Gasteiger partial charge in [0, 0.05) is 11.8 Å². The first-order valence-corrected chi connectivity index (χ1v) is 5.54. The molecule has 0 bridgehead atoms. The van der Waals surface area contributed by atoms with Gasteiger partial charge in [-0.25, -0.2) is 19.9 Å². The summed E-state index contributed by atoms with van der Waals surface area (Å²) in [4.78, 5) is 16.4. The van der Waals surface area contributed by atoms with Crippen molar-refractivity contribution in [1.82, 2.24) is 19.9 Å². The van der Waals surface area contributed by atoms with Gasteiger partial charge in [-0.1, -0.05) is 11.6 Å². The van der Waals surface area contributed by atoms with Crippen LogP contribution >= 0.6 is 11.6 Å². The lowest BCUT2D eigenvalue weighted by Gasteiger charge is -2.09. The molecule has 17 heavy (non-hydrogen) atoms. The molecule has 0 fully saturated rings. The van der Waals surface area contributed by atoms with Gasteiger partial charge < -0.3 is 5.32 Å². The van der Waals surface area contributed by atoms with Gasteiger partial charge in [0.05, 0.1) is 12.2 Å². The van der Waals surface area contributed by atoms with E-state index in [1.807, 2.05) is 13.0 Å². The van der Waals surface area contributed by atoms with Gasteiger partial charge in [0.1, 0.15) is 23.1 Å². The molecule has 2 aromatic rings. The molecule has 0 aliphatic heterocycles. The average molecular weight is 250 g/mol. The third-order valence-corrected chi connectivity index (χ3v) is 2.65. The molecule has 6 heteroatoms. The van der Waals surface area contributed by atoms with E-state index in [9.17, 15) is 0 Å². The molecule has 0 spiro atoms. The van der Waals surface area contributed by atoms with Gasteiger partial charge >= 0.3 is 0 Å². The van der Waals surface area contributed by atoms with Gasteiger partial charge in [-0.3, -0.25) is 0 Å². The van der Waals surface area contributed by atoms with E-state index in [0.29, 0.717) is 17.5 Å². The first-order chi connectivity index (χ1) is 8.16. The lowest BCUT2D eigenvalue weighted by atomic mass is 10.3. The molecule has 0 atom stereocenters. The highest BCUT2D eigenvalue weighted by Gasteiger charge is 2.06. The van der Waals surface area contributed by atoms with Gasteiger partial charge in [-0.15, -0.1) is 0 Å². The van der Waals surface area contributed by atoms with Crippen LogP contribution in [-0.2, 0) is 6.54 Å². The van der Waals surface area contributed by atoms with Crippen molar-refractivity contribution < 1.29 is 0 Å². The molecule has 1 N–H and O–H groups in total. The smallest absolute Gasteiger partial charge is 0.137 e. The van der Waals surface area contributed by atoms with E-state index in [0.717, 1.165) is 17.1 Å². The first-order valence-electron chi connectivity index (χ1n) is 5.16. The predicted molar refractivity (Wildman–Crippen MR) is 65.9 cm³/mol. The Morgan fingerprint density at radius 1 is 1.29 bits per heavy atom. The van der Waals surface area contributed by atoms with Crippen LogP contribution in [0, 0.1) is 13.8 Å². The fourth-order valence-corrected chi connectivity index (χ4v) is 1.58. The number of hydrogen-bond donors (Lipinski definition) is 1. The van der Waals surface area contributed by atoms with Crippen LogP contribution in [0.5, 0.6) is 0 Å². The zero-order valence-corrected chi connectivity index (χ0v) is 10.4. The third kappa shape index (κ3) is 2.88. The number of hydrogen-bond acceptors (Lipinski definition) is 5. The quantitative estimate of drug-likeness (QED) is 0.845. The summed E-state index contributed by atoms with van der Waals surface area (Å²) in [6, 6.07) is 1.85. The molecule has 0 aliphatic rings. The summed E-state index contributed by atoms with van der Waals surface area (Å²) in [7, 11) is 0. The highest BCUT2D eigenvalue weighted by atomic mass is 35.5. The molecule has 0 saturated heterocycles. The Labute approximate surface area is 104 Å². The maximum absolute atomic E-state index is 5.98. The van der Waals surface area contributed by atoms with Crippen molar-refractivity contribution in [3.8, 4) is 0 Å². The van der Waals surface area contributed by atoms with Crippen molar-refractivity contribution in [1.29, 1.82) is 0 Å². The summed E-state index contributed by atoms with van der Waals surface area (Å²) in [6.45, 7) is 4.27. The van der Waals surface area contributed by atoms with Gasteiger partial charge in [0.15, 0.2) is 0 Å². The van der Waals surface area contributed by atoms with Crippen molar-refractivity contribution in [3.05, 3.63) is 40.8 Å². The molecule has 5 nitrogen and oxygen atoms in total. The van der Waals surface area contributed by atoms with Crippen molar-refractivity contribution in [2.45, 2.75) is 20.4 Å². The number of aromatic nitrogens is 4. The second kappa shape index (κ2) is 5.05. The molecule has 88 valence electrons. The second-order valence-corrected chi connectivity index (χ2v) is 3.95. The molecule has 2 heterocycles. The molecule has 0 aromatic carbocycles. The van der Waals surface area contributed by atoms with E-state index in [1.54, 1.807) is 13.1 Å². The minimum absolute atomic E-state index is 0.475. The minimum Gasteiger partial charge on any atom is -0.364 e. The maximum Gasteiger partial charge on any atom is 0.137 e. The van der Waals surface area contributed by atoms with Crippen LogP contribution in [0.2, 0.25) is 5.15 Å². The molecular formula is C11H12ClN5. The lowest BCUT2D eigenvalue weighted by molar-refractivity contribution is 0.967. The van der Waals surface area contributed by atoms with E-state index in [1.165, 1.54) is 6.33 Å². The normalized spacial score (nSPS) is 10.3. The number of nitrogens with one attached hydrogen (secondary N) is 1. The van der Waals surface area contributed by atoms with E-state index < -0.39 is 0 Å². The van der Waals surface area contributed by atoms with E-state index in [2.05, 4.69) is 25.3 Å². The Bertz CT molecular complexity index is 515. The monoisotopic (exact) mass is 249 g/mol. The second-order valence-electron chi connectivity index (χ2n) is 3.59. The van der Waals surface area contributed by atoms with Crippen molar-refractivity contribution in [3.63, 3.8) is 0 Å². The molecular weight excluding hydrogens is 238 g/mol. The fourth-order valence-electron chi connectivity index (χ4n) is 1.36. The molecule has 0 amide bonds. The van der Waals surface area contributed by atoms with Crippen LogP contribution in [0.3, 0.4) is 0 Å². The van der Waals surface area contributed by atoms with E-state index >= 15 is 0 Å². The van der Waals surface area contributed by atoms with Gasteiger partial charge in [-0.05, 0) is 19.9 Å². The van der Waals surface area contributed by atoms with Gasteiger partial charge in [0.2, 0.25) is 0 Å². The topological polar surface area (TPSA) is 63.6 Å². The van der Waals surface area contributed by atoms with E-state index in [-0.39, 0.29) is 0 Å². The van der Waals surface area contributed by atoms with Crippen molar-refractivity contribution in [2.24, 2.45) is 0 Å². The molecule has 0 radical (unpaired) electrons. The van der Waals surface area contributed by atoms with E-state index in [4.69, 9.17) is 11.6 Å². The lowest BCUT2D eigenvalue weighted by Crippen LogP contribution is -2.07. The molecule has 0 unspecified atom stereocenters. The zero-order chi connectivity index (χ0) is 12.3. The van der Waals surface area contributed by atoms with Crippen LogP contribution in [0.4, 0.5) is 5.82 Å². The molecule has 0 aliphatic carbocycles. The van der Waals surface area contributed by atoms with Crippen molar-refractivity contribution in [2.75, 3.05) is 5.32 Å². The first kappa shape index (κ1) is 11.7. The molecule has 2 aromatic heterocycles. The van der Waals surface area contributed by atoms with Crippen LogP contribution in [0.25, 0.3) is 0 Å². The Balaban J connectivity index is 2.14. The maximum atomic E-state index is 5.98. The summed E-state index contributed by atoms with van der Waals surface area (Å²) in [5.41, 5.74) is 1.73.